The van der Waals surface area contributed by atoms with Gasteiger partial charge in [-0.05, 0) is 74.1 Å². The van der Waals surface area contributed by atoms with E-state index < -0.39 is 0 Å². The van der Waals surface area contributed by atoms with E-state index in [-0.39, 0.29) is 11.9 Å². The van der Waals surface area contributed by atoms with Gasteiger partial charge in [0.1, 0.15) is 17.3 Å². The molecule has 1 aliphatic rings. The van der Waals surface area contributed by atoms with Crippen LogP contribution in [-0.2, 0) is 9.53 Å². The van der Waals surface area contributed by atoms with Gasteiger partial charge in [0.15, 0.2) is 5.17 Å². The number of ether oxygens (including phenoxy) is 2. The predicted molar refractivity (Wildman–Crippen MR) is 129 cm³/mol. The molecule has 33 heavy (non-hydrogen) atoms. The normalized spacial score (nSPS) is 15.6. The molecule has 1 fully saturated rings. The molecule has 0 unspecified atom stereocenters. The molecule has 0 bridgehead atoms. The van der Waals surface area contributed by atoms with Gasteiger partial charge in [-0.25, -0.2) is 9.79 Å². The number of esters is 1. The first-order valence-electron chi connectivity index (χ1n) is 10.5. The van der Waals surface area contributed by atoms with Crippen molar-refractivity contribution >= 4 is 40.6 Å². The van der Waals surface area contributed by atoms with Crippen molar-refractivity contribution in [2.75, 3.05) is 13.2 Å². The van der Waals surface area contributed by atoms with E-state index >= 15 is 0 Å². The fraction of sp³-hybridized carbons (Fsp3) is 0.160. The highest BCUT2D eigenvalue weighted by molar-refractivity contribution is 8.18. The van der Waals surface area contributed by atoms with Crippen LogP contribution in [0, 0.1) is 0 Å². The number of amides is 1. The van der Waals surface area contributed by atoms with E-state index in [9.17, 15) is 9.59 Å². The summed E-state index contributed by atoms with van der Waals surface area (Å²) in [5, 5.41) is 3.26. The Morgan fingerprint density at radius 2 is 1.79 bits per heavy atom. The summed E-state index contributed by atoms with van der Waals surface area (Å²) in [6.07, 6.45) is 1.68. The molecule has 1 saturated heterocycles. The van der Waals surface area contributed by atoms with Crippen LogP contribution in [0.3, 0.4) is 0 Å². The largest absolute Gasteiger partial charge is 0.494 e. The fourth-order valence-electron chi connectivity index (χ4n) is 3.08. The Hall–Kier alpha value is -3.78. The van der Waals surface area contributed by atoms with Crippen molar-refractivity contribution in [2.45, 2.75) is 13.8 Å². The van der Waals surface area contributed by atoms with Crippen LogP contribution in [0.2, 0.25) is 0 Å². The van der Waals surface area contributed by atoms with Gasteiger partial charge in [0.05, 0.1) is 29.4 Å². The zero-order valence-electron chi connectivity index (χ0n) is 18.2. The van der Waals surface area contributed by atoms with E-state index in [1.165, 1.54) is 11.8 Å². The topological polar surface area (TPSA) is 90.1 Å². The number of thioether (sulfide) groups is 1. The average molecular weight is 463 g/mol. The molecular formula is C25H22N2O5S. The van der Waals surface area contributed by atoms with Crippen LogP contribution in [0.25, 0.3) is 17.4 Å². The average Bonchev–Trinajstić information content (AvgIpc) is 3.42. The predicted octanol–water partition coefficient (Wildman–Crippen LogP) is 5.41. The second kappa shape index (κ2) is 10.2. The number of hydrogen-bond donors (Lipinski definition) is 1. The van der Waals surface area contributed by atoms with E-state index in [2.05, 4.69) is 10.3 Å². The maximum atomic E-state index is 12.4. The van der Waals surface area contributed by atoms with Crippen molar-refractivity contribution in [1.82, 2.24) is 5.32 Å². The van der Waals surface area contributed by atoms with Crippen LogP contribution in [0.4, 0.5) is 5.69 Å². The number of carbonyl (C=O) groups is 2. The van der Waals surface area contributed by atoms with Gasteiger partial charge in [-0.2, -0.15) is 0 Å². The minimum Gasteiger partial charge on any atom is -0.494 e. The van der Waals surface area contributed by atoms with Crippen molar-refractivity contribution in [1.29, 1.82) is 0 Å². The van der Waals surface area contributed by atoms with Crippen molar-refractivity contribution in [3.05, 3.63) is 76.9 Å². The molecule has 4 rings (SSSR count). The monoisotopic (exact) mass is 462 g/mol. The summed E-state index contributed by atoms with van der Waals surface area (Å²) in [7, 11) is 0. The molecule has 0 saturated carbocycles. The van der Waals surface area contributed by atoms with Crippen LogP contribution in [0.1, 0.15) is 30.0 Å². The minimum atomic E-state index is -0.360. The quantitative estimate of drug-likeness (QED) is 0.373. The van der Waals surface area contributed by atoms with Crippen molar-refractivity contribution < 1.29 is 23.5 Å². The van der Waals surface area contributed by atoms with Crippen molar-refractivity contribution in [3.8, 4) is 17.1 Å². The van der Waals surface area contributed by atoms with E-state index in [4.69, 9.17) is 13.9 Å². The second-order valence-corrected chi connectivity index (χ2v) is 7.94. The van der Waals surface area contributed by atoms with Gasteiger partial charge >= 0.3 is 5.97 Å². The molecule has 1 amide bonds. The molecule has 0 aliphatic carbocycles. The highest BCUT2D eigenvalue weighted by Gasteiger charge is 2.24. The number of carbonyl (C=O) groups excluding carboxylic acids is 2. The summed E-state index contributed by atoms with van der Waals surface area (Å²) in [5.41, 5.74) is 2.01. The number of aliphatic imine (C=N–C) groups is 1. The first-order chi connectivity index (χ1) is 16.1. The lowest BCUT2D eigenvalue weighted by Gasteiger charge is -2.02. The van der Waals surface area contributed by atoms with Gasteiger partial charge < -0.3 is 19.2 Å². The molecule has 7 nitrogen and oxygen atoms in total. The van der Waals surface area contributed by atoms with E-state index in [0.29, 0.717) is 46.1 Å². The molecule has 0 radical (unpaired) electrons. The van der Waals surface area contributed by atoms with Gasteiger partial charge in [0.25, 0.3) is 5.91 Å². The molecule has 1 aromatic heterocycles. The lowest BCUT2D eigenvalue weighted by Crippen LogP contribution is -2.19. The third-order valence-electron chi connectivity index (χ3n) is 4.61. The van der Waals surface area contributed by atoms with Gasteiger partial charge in [-0.3, -0.25) is 4.79 Å². The second-order valence-electron chi connectivity index (χ2n) is 6.91. The Morgan fingerprint density at radius 3 is 2.48 bits per heavy atom. The summed E-state index contributed by atoms with van der Waals surface area (Å²) < 4.78 is 16.3. The maximum absolute atomic E-state index is 12.4. The molecule has 8 heteroatoms. The number of rotatable bonds is 7. The summed E-state index contributed by atoms with van der Waals surface area (Å²) in [4.78, 5) is 29.1. The number of hydrogen-bond acceptors (Lipinski definition) is 7. The molecule has 168 valence electrons. The molecule has 0 atom stereocenters. The Balaban J connectivity index is 1.45. The number of nitrogens with one attached hydrogen (secondary N) is 1. The lowest BCUT2D eigenvalue weighted by molar-refractivity contribution is -0.115. The lowest BCUT2D eigenvalue weighted by atomic mass is 10.1. The first kappa shape index (κ1) is 22.4. The van der Waals surface area contributed by atoms with Crippen molar-refractivity contribution in [3.63, 3.8) is 0 Å². The third-order valence-corrected chi connectivity index (χ3v) is 5.52. The minimum absolute atomic E-state index is 0.235. The number of benzene rings is 2. The Labute approximate surface area is 195 Å². The Morgan fingerprint density at radius 1 is 1.03 bits per heavy atom. The molecule has 1 aliphatic heterocycles. The summed E-state index contributed by atoms with van der Waals surface area (Å²) in [6.45, 7) is 4.62. The van der Waals surface area contributed by atoms with Crippen LogP contribution < -0.4 is 10.1 Å². The standard InChI is InChI=1S/C25H22N2O5S/c1-3-30-19-11-9-18(10-12-19)26-25-27-23(28)22(33-25)15-20-13-14-21(32-20)16-5-7-17(8-6-16)24(29)31-4-2/h5-15H,3-4H2,1-2H3,(H,26,27,28)/b22-15-. The molecule has 0 spiro atoms. The van der Waals surface area contributed by atoms with Crippen LogP contribution in [0.5, 0.6) is 5.75 Å². The zero-order valence-corrected chi connectivity index (χ0v) is 19.0. The van der Waals surface area contributed by atoms with Gasteiger partial charge in [0.2, 0.25) is 0 Å². The molecule has 1 N–H and O–H groups in total. The molecular weight excluding hydrogens is 440 g/mol. The molecule has 2 aromatic carbocycles. The maximum Gasteiger partial charge on any atom is 0.338 e. The molecule has 3 aromatic rings. The van der Waals surface area contributed by atoms with Crippen LogP contribution >= 0.6 is 11.8 Å². The smallest absolute Gasteiger partial charge is 0.338 e. The van der Waals surface area contributed by atoms with E-state index in [1.54, 1.807) is 43.3 Å². The zero-order chi connectivity index (χ0) is 23.2. The highest BCUT2D eigenvalue weighted by Crippen LogP contribution is 2.30. The van der Waals surface area contributed by atoms with Gasteiger partial charge in [0, 0.05) is 11.6 Å². The fourth-order valence-corrected chi connectivity index (χ4v) is 3.90. The SMILES string of the molecule is CCOC(=O)c1ccc(-c2ccc(/C=C3\SC(=Nc4ccc(OCC)cc4)NC3=O)o2)cc1. The van der Waals surface area contributed by atoms with Crippen molar-refractivity contribution in [2.24, 2.45) is 4.99 Å². The van der Waals surface area contributed by atoms with Crippen LogP contribution in [-0.4, -0.2) is 30.3 Å². The summed E-state index contributed by atoms with van der Waals surface area (Å²) in [5.74, 6) is 1.35. The van der Waals surface area contributed by atoms with E-state index in [0.717, 1.165) is 11.3 Å². The highest BCUT2D eigenvalue weighted by atomic mass is 32.2. The van der Waals surface area contributed by atoms with E-state index in [1.807, 2.05) is 37.3 Å². The van der Waals surface area contributed by atoms with Gasteiger partial charge in [-0.15, -0.1) is 0 Å². The number of furan rings is 1. The number of amidine groups is 1. The Bertz CT molecular complexity index is 1210. The Kier molecular flexibility index (Phi) is 6.95. The molecule has 2 heterocycles. The summed E-state index contributed by atoms with van der Waals surface area (Å²) in [6, 6.07) is 17.9. The first-order valence-corrected chi connectivity index (χ1v) is 11.3. The third kappa shape index (κ3) is 5.53. The summed E-state index contributed by atoms with van der Waals surface area (Å²) >= 11 is 1.25. The van der Waals surface area contributed by atoms with Gasteiger partial charge in [-0.1, -0.05) is 12.1 Å². The number of nitrogens with zero attached hydrogens (tertiary/aromatic N) is 1. The van der Waals surface area contributed by atoms with Crippen LogP contribution in [0.15, 0.2) is 75.0 Å².